The number of carbonyl (C=O) groups is 1. The monoisotopic (exact) mass is 391 g/mol. The van der Waals surface area contributed by atoms with Gasteiger partial charge in [0.05, 0.1) is 10.8 Å². The molecular weight excluding hydrogens is 362 g/mol. The highest BCUT2D eigenvalue weighted by Crippen LogP contribution is 2.17. The average molecular weight is 392 g/mol. The molecular formula is C21H29NO4S. The van der Waals surface area contributed by atoms with Gasteiger partial charge in [0.1, 0.15) is 5.75 Å². The minimum Gasteiger partial charge on any atom is -0.426 e. The lowest BCUT2D eigenvalue weighted by Crippen LogP contribution is -2.17. The second-order valence-electron chi connectivity index (χ2n) is 6.47. The first-order valence-corrected chi connectivity index (χ1v) is 10.6. The van der Waals surface area contributed by atoms with E-state index in [4.69, 9.17) is 9.88 Å². The van der Waals surface area contributed by atoms with Gasteiger partial charge < -0.3 is 4.74 Å². The van der Waals surface area contributed by atoms with Crippen LogP contribution in [-0.2, 0) is 14.8 Å². The molecule has 5 nitrogen and oxygen atoms in total. The van der Waals surface area contributed by atoms with Gasteiger partial charge >= 0.3 is 5.97 Å². The van der Waals surface area contributed by atoms with Crippen LogP contribution in [0.5, 0.6) is 5.75 Å². The van der Waals surface area contributed by atoms with Crippen LogP contribution in [0.4, 0.5) is 0 Å². The number of rotatable bonds is 6. The van der Waals surface area contributed by atoms with Crippen LogP contribution in [0.15, 0.2) is 59.5 Å². The van der Waals surface area contributed by atoms with E-state index in [9.17, 15) is 13.2 Å². The van der Waals surface area contributed by atoms with Crippen LogP contribution < -0.4 is 9.88 Å². The Morgan fingerprint density at radius 2 is 1.52 bits per heavy atom. The molecule has 2 aromatic rings. The predicted octanol–water partition coefficient (Wildman–Crippen LogP) is 4.49. The Kier molecular flexibility index (Phi) is 9.18. The molecule has 0 aromatic heterocycles. The summed E-state index contributed by atoms with van der Waals surface area (Å²) >= 11 is 0. The number of carbonyl (C=O) groups excluding carboxylic acids is 1. The largest absolute Gasteiger partial charge is 0.426 e. The van der Waals surface area contributed by atoms with Crippen LogP contribution in [0.1, 0.15) is 52.0 Å². The molecule has 2 rings (SSSR count). The Morgan fingerprint density at radius 1 is 0.963 bits per heavy atom. The van der Waals surface area contributed by atoms with E-state index in [1.54, 1.807) is 6.92 Å². The molecule has 0 saturated heterocycles. The zero-order valence-electron chi connectivity index (χ0n) is 16.4. The number of hydrogen-bond acceptors (Lipinski definition) is 4. The lowest BCUT2D eigenvalue weighted by Gasteiger charge is -2.08. The van der Waals surface area contributed by atoms with Crippen molar-refractivity contribution in [3.8, 4) is 5.75 Å². The van der Waals surface area contributed by atoms with Crippen LogP contribution in [0, 0.1) is 5.92 Å². The van der Waals surface area contributed by atoms with Crippen LogP contribution >= 0.6 is 0 Å². The fraction of sp³-hybridized carbons (Fsp3) is 0.381. The maximum atomic E-state index is 11.5. The molecule has 2 N–H and O–H groups in total. The molecule has 2 aromatic carbocycles. The zero-order chi connectivity index (χ0) is 20.4. The molecule has 0 aliphatic carbocycles. The lowest BCUT2D eigenvalue weighted by molar-refractivity contribution is -0.138. The highest BCUT2D eigenvalue weighted by atomic mass is 32.2. The van der Waals surface area contributed by atoms with Crippen molar-refractivity contribution < 1.29 is 17.9 Å². The van der Waals surface area contributed by atoms with Gasteiger partial charge in [0, 0.05) is 0 Å². The van der Waals surface area contributed by atoms with Crippen molar-refractivity contribution >= 4 is 16.0 Å². The molecule has 0 aliphatic heterocycles. The minimum absolute atomic E-state index is 0.0131. The van der Waals surface area contributed by atoms with Gasteiger partial charge in [0.25, 0.3) is 0 Å². The summed E-state index contributed by atoms with van der Waals surface area (Å²) in [6.45, 7) is 8.13. The third-order valence-corrected chi connectivity index (χ3v) is 5.30. The van der Waals surface area contributed by atoms with Gasteiger partial charge in [-0.25, -0.2) is 13.6 Å². The van der Waals surface area contributed by atoms with E-state index in [1.165, 1.54) is 36.2 Å². The number of ether oxygens (including phenoxy) is 1. The zero-order valence-corrected chi connectivity index (χ0v) is 17.2. The molecule has 0 heterocycles. The lowest BCUT2D eigenvalue weighted by atomic mass is 9.99. The van der Waals surface area contributed by atoms with Gasteiger partial charge in [-0.05, 0) is 48.6 Å². The first kappa shape index (κ1) is 22.9. The van der Waals surface area contributed by atoms with Crippen LogP contribution in [-0.4, -0.2) is 14.4 Å². The van der Waals surface area contributed by atoms with Gasteiger partial charge in [-0.15, -0.1) is 0 Å². The van der Waals surface area contributed by atoms with Gasteiger partial charge in [-0.1, -0.05) is 58.0 Å². The van der Waals surface area contributed by atoms with Crippen molar-refractivity contribution in [3.05, 3.63) is 60.2 Å². The fourth-order valence-electron chi connectivity index (χ4n) is 2.10. The Morgan fingerprint density at radius 3 is 1.96 bits per heavy atom. The van der Waals surface area contributed by atoms with Gasteiger partial charge in [-0.3, -0.25) is 4.79 Å². The normalized spacial score (nSPS) is 13.1. The van der Waals surface area contributed by atoms with Crippen molar-refractivity contribution in [2.45, 2.75) is 51.3 Å². The highest BCUT2D eigenvalue weighted by Gasteiger charge is 2.13. The summed E-state index contributed by atoms with van der Waals surface area (Å²) in [5.41, 5.74) is 1.45. The smallest absolute Gasteiger partial charge is 0.314 e. The Hall–Kier alpha value is -2.18. The molecule has 0 radical (unpaired) electrons. The van der Waals surface area contributed by atoms with Crippen molar-refractivity contribution in [2.75, 3.05) is 0 Å². The van der Waals surface area contributed by atoms with Gasteiger partial charge in [0.15, 0.2) is 0 Å². The SMILES string of the molecule is CCC(C)C(=O)Oc1ccc(S(N)(=O)=O)cc1.CCC(C)c1ccccc1. The Labute approximate surface area is 162 Å². The van der Waals surface area contributed by atoms with E-state index >= 15 is 0 Å². The number of benzene rings is 2. The van der Waals surface area contributed by atoms with Crippen molar-refractivity contribution in [3.63, 3.8) is 0 Å². The van der Waals surface area contributed by atoms with Gasteiger partial charge in [0.2, 0.25) is 10.0 Å². The van der Waals surface area contributed by atoms with Crippen LogP contribution in [0.3, 0.4) is 0 Å². The number of primary sulfonamides is 1. The molecule has 2 atom stereocenters. The molecule has 148 valence electrons. The summed E-state index contributed by atoms with van der Waals surface area (Å²) in [6.07, 6.45) is 1.91. The summed E-state index contributed by atoms with van der Waals surface area (Å²) in [4.78, 5) is 11.4. The predicted molar refractivity (Wildman–Crippen MR) is 108 cm³/mol. The molecule has 0 bridgehead atoms. The fourth-order valence-corrected chi connectivity index (χ4v) is 2.61. The van der Waals surface area contributed by atoms with Crippen LogP contribution in [0.2, 0.25) is 0 Å². The number of esters is 1. The molecule has 0 saturated carbocycles. The first-order chi connectivity index (χ1) is 12.7. The quantitative estimate of drug-likeness (QED) is 0.581. The van der Waals surface area contributed by atoms with Gasteiger partial charge in [-0.2, -0.15) is 0 Å². The molecule has 0 fully saturated rings. The maximum absolute atomic E-state index is 11.5. The standard InChI is InChI=1S/C11H15NO4S.C10H14/c1-3-8(2)11(13)16-9-4-6-10(7-5-9)17(12,14)15;1-3-9(2)10-7-5-4-6-8-10/h4-8H,3H2,1-2H3,(H2,12,14,15);4-9H,3H2,1-2H3. The molecule has 0 aliphatic rings. The summed E-state index contributed by atoms with van der Waals surface area (Å²) < 4.78 is 27.0. The summed E-state index contributed by atoms with van der Waals surface area (Å²) in [6, 6.07) is 16.0. The highest BCUT2D eigenvalue weighted by molar-refractivity contribution is 7.89. The van der Waals surface area contributed by atoms with E-state index in [-0.39, 0.29) is 16.8 Å². The molecule has 6 heteroatoms. The molecule has 0 amide bonds. The van der Waals surface area contributed by atoms with Crippen molar-refractivity contribution in [1.82, 2.24) is 0 Å². The Bertz CT molecular complexity index is 802. The topological polar surface area (TPSA) is 86.5 Å². The maximum Gasteiger partial charge on any atom is 0.314 e. The molecule has 27 heavy (non-hydrogen) atoms. The number of hydrogen-bond donors (Lipinski definition) is 1. The van der Waals surface area contributed by atoms with E-state index in [1.807, 2.05) is 6.92 Å². The summed E-state index contributed by atoms with van der Waals surface area (Å²) in [7, 11) is -3.71. The Balaban J connectivity index is 0.000000309. The average Bonchev–Trinajstić information content (AvgIpc) is 2.67. The summed E-state index contributed by atoms with van der Waals surface area (Å²) in [5, 5.41) is 4.94. The summed E-state index contributed by atoms with van der Waals surface area (Å²) in [5.74, 6) is 0.493. The van der Waals surface area contributed by atoms with E-state index in [0.29, 0.717) is 18.1 Å². The van der Waals surface area contributed by atoms with Crippen molar-refractivity contribution in [2.24, 2.45) is 11.1 Å². The third-order valence-electron chi connectivity index (χ3n) is 4.37. The molecule has 2 unspecified atom stereocenters. The first-order valence-electron chi connectivity index (χ1n) is 9.08. The van der Waals surface area contributed by atoms with E-state index in [0.717, 1.165) is 0 Å². The number of nitrogens with two attached hydrogens (primary N) is 1. The van der Waals surface area contributed by atoms with E-state index < -0.39 is 10.0 Å². The third kappa shape index (κ3) is 7.93. The number of sulfonamides is 1. The molecule has 0 spiro atoms. The second kappa shape index (κ2) is 10.8. The van der Waals surface area contributed by atoms with Crippen LogP contribution in [0.25, 0.3) is 0 Å². The second-order valence-corrected chi connectivity index (χ2v) is 8.03. The van der Waals surface area contributed by atoms with Crippen molar-refractivity contribution in [1.29, 1.82) is 0 Å². The minimum atomic E-state index is -3.71. The van der Waals surface area contributed by atoms with E-state index in [2.05, 4.69) is 44.2 Å².